The molecule has 7 nitrogen and oxygen atoms in total. The maximum absolute atomic E-state index is 13.4. The van der Waals surface area contributed by atoms with Crippen LogP contribution in [0.25, 0.3) is 16.9 Å². The first kappa shape index (κ1) is 22.2. The first-order chi connectivity index (χ1) is 16.1. The van der Waals surface area contributed by atoms with Crippen LogP contribution >= 0.6 is 0 Å². The molecule has 0 spiro atoms. The number of hydrogen-bond donors (Lipinski definition) is 1. The van der Waals surface area contributed by atoms with Crippen LogP contribution in [0, 0.1) is 0 Å². The lowest BCUT2D eigenvalue weighted by Gasteiger charge is -2.26. The molecule has 2 heterocycles. The summed E-state index contributed by atoms with van der Waals surface area (Å²) in [4.78, 5) is 19.6. The normalized spacial score (nSPS) is 11.9. The zero-order valence-corrected chi connectivity index (χ0v) is 19.0. The number of pyridine rings is 1. The Morgan fingerprint density at radius 2 is 1.82 bits per heavy atom. The van der Waals surface area contributed by atoms with E-state index in [1.54, 1.807) is 30.4 Å². The molecule has 4 rings (SSSR count). The van der Waals surface area contributed by atoms with Gasteiger partial charge >= 0.3 is 0 Å². The average Bonchev–Trinajstić information content (AvgIpc) is 3.31. The number of carbonyl (C=O) groups is 1. The number of para-hydroxylation sites is 2. The number of benzene rings is 2. The summed E-state index contributed by atoms with van der Waals surface area (Å²) in [6.45, 7) is 0.412. The van der Waals surface area contributed by atoms with Gasteiger partial charge in [0.1, 0.15) is 11.4 Å². The topological polar surface area (TPSA) is 72.3 Å². The SMILES string of the molecule is COc1ccccc1C(CNC(=O)c1cn(-c2ccccc2)nc1-c1cccnc1)N(C)C. The molecule has 0 radical (unpaired) electrons. The third kappa shape index (κ3) is 4.94. The first-order valence-electron chi connectivity index (χ1n) is 10.7. The monoisotopic (exact) mass is 441 g/mol. The van der Waals surface area contributed by atoms with Crippen molar-refractivity contribution < 1.29 is 9.53 Å². The largest absolute Gasteiger partial charge is 0.496 e. The van der Waals surface area contributed by atoms with Crippen molar-refractivity contribution in [3.8, 4) is 22.7 Å². The van der Waals surface area contributed by atoms with Gasteiger partial charge in [-0.2, -0.15) is 5.10 Å². The van der Waals surface area contributed by atoms with Crippen LogP contribution in [0.15, 0.2) is 85.3 Å². The molecule has 1 amide bonds. The third-order valence-electron chi connectivity index (χ3n) is 5.49. The Hall–Kier alpha value is -3.97. The van der Waals surface area contributed by atoms with Gasteiger partial charge < -0.3 is 15.0 Å². The van der Waals surface area contributed by atoms with E-state index in [2.05, 4.69) is 15.2 Å². The van der Waals surface area contributed by atoms with Crippen LogP contribution in [0.2, 0.25) is 0 Å². The maximum atomic E-state index is 13.4. The van der Waals surface area contributed by atoms with E-state index in [-0.39, 0.29) is 11.9 Å². The fourth-order valence-electron chi connectivity index (χ4n) is 3.77. The van der Waals surface area contributed by atoms with Crippen LogP contribution in [0.5, 0.6) is 5.75 Å². The fourth-order valence-corrected chi connectivity index (χ4v) is 3.77. The molecule has 0 saturated carbocycles. The molecular weight excluding hydrogens is 414 g/mol. The molecule has 33 heavy (non-hydrogen) atoms. The van der Waals surface area contributed by atoms with E-state index in [4.69, 9.17) is 9.84 Å². The van der Waals surface area contributed by atoms with E-state index in [0.29, 0.717) is 17.8 Å². The molecule has 2 aromatic carbocycles. The summed E-state index contributed by atoms with van der Waals surface area (Å²) in [6, 6.07) is 21.3. The van der Waals surface area contributed by atoms with Crippen molar-refractivity contribution in [3.63, 3.8) is 0 Å². The number of nitrogens with zero attached hydrogens (tertiary/aromatic N) is 4. The highest BCUT2D eigenvalue weighted by Crippen LogP contribution is 2.28. The van der Waals surface area contributed by atoms with Crippen molar-refractivity contribution in [1.82, 2.24) is 25.0 Å². The number of ether oxygens (including phenoxy) is 1. The number of aromatic nitrogens is 3. The van der Waals surface area contributed by atoms with Crippen molar-refractivity contribution in [3.05, 3.63) is 96.4 Å². The van der Waals surface area contributed by atoms with Crippen LogP contribution in [-0.4, -0.2) is 53.3 Å². The minimum Gasteiger partial charge on any atom is -0.496 e. The summed E-state index contributed by atoms with van der Waals surface area (Å²) < 4.78 is 7.26. The highest BCUT2D eigenvalue weighted by Gasteiger charge is 2.22. The van der Waals surface area contributed by atoms with Crippen LogP contribution in [0.1, 0.15) is 22.0 Å². The minimum atomic E-state index is -0.196. The zero-order chi connectivity index (χ0) is 23.2. The van der Waals surface area contributed by atoms with Gasteiger partial charge in [0.15, 0.2) is 0 Å². The van der Waals surface area contributed by atoms with Crippen molar-refractivity contribution in [2.24, 2.45) is 0 Å². The van der Waals surface area contributed by atoms with Gasteiger partial charge in [-0.3, -0.25) is 9.78 Å². The Balaban J connectivity index is 1.64. The molecular formula is C26H27N5O2. The molecule has 7 heteroatoms. The number of carbonyl (C=O) groups excluding carboxylic acids is 1. The minimum absolute atomic E-state index is 0.0592. The number of nitrogens with one attached hydrogen (secondary N) is 1. The lowest BCUT2D eigenvalue weighted by molar-refractivity contribution is 0.0942. The highest BCUT2D eigenvalue weighted by atomic mass is 16.5. The molecule has 0 saturated heterocycles. The second-order valence-electron chi connectivity index (χ2n) is 7.84. The summed E-state index contributed by atoms with van der Waals surface area (Å²) in [5, 5.41) is 7.80. The molecule has 0 aliphatic carbocycles. The Labute approximate surface area is 193 Å². The fraction of sp³-hybridized carbons (Fsp3) is 0.192. The second-order valence-corrected chi connectivity index (χ2v) is 7.84. The van der Waals surface area contributed by atoms with Gasteiger partial charge in [-0.05, 0) is 44.4 Å². The van der Waals surface area contributed by atoms with Gasteiger partial charge in [-0.25, -0.2) is 4.68 Å². The van der Waals surface area contributed by atoms with Gasteiger partial charge in [0.2, 0.25) is 0 Å². The summed E-state index contributed by atoms with van der Waals surface area (Å²) in [5.41, 5.74) is 3.75. The van der Waals surface area contributed by atoms with E-state index in [9.17, 15) is 4.79 Å². The predicted octanol–water partition coefficient (Wildman–Crippen LogP) is 3.98. The van der Waals surface area contributed by atoms with Gasteiger partial charge in [-0.1, -0.05) is 36.4 Å². The van der Waals surface area contributed by atoms with Crippen LogP contribution < -0.4 is 10.1 Å². The molecule has 0 aliphatic heterocycles. The first-order valence-corrected chi connectivity index (χ1v) is 10.7. The van der Waals surface area contributed by atoms with Crippen molar-refractivity contribution in [2.75, 3.05) is 27.7 Å². The molecule has 0 fully saturated rings. The van der Waals surface area contributed by atoms with Gasteiger partial charge in [0.05, 0.1) is 24.4 Å². The van der Waals surface area contributed by atoms with Crippen molar-refractivity contribution in [2.45, 2.75) is 6.04 Å². The molecule has 2 aromatic heterocycles. The Morgan fingerprint density at radius 3 is 2.52 bits per heavy atom. The molecule has 1 unspecified atom stereocenters. The van der Waals surface area contributed by atoms with E-state index < -0.39 is 0 Å². The molecule has 1 atom stereocenters. The van der Waals surface area contributed by atoms with Crippen molar-refractivity contribution in [1.29, 1.82) is 0 Å². The van der Waals surface area contributed by atoms with E-state index >= 15 is 0 Å². The smallest absolute Gasteiger partial charge is 0.255 e. The molecule has 0 aliphatic rings. The third-order valence-corrected chi connectivity index (χ3v) is 5.49. The van der Waals surface area contributed by atoms with E-state index in [0.717, 1.165) is 22.6 Å². The lowest BCUT2D eigenvalue weighted by atomic mass is 10.0. The van der Waals surface area contributed by atoms with E-state index in [1.807, 2.05) is 80.8 Å². The lowest BCUT2D eigenvalue weighted by Crippen LogP contribution is -2.34. The molecule has 1 N–H and O–H groups in total. The van der Waals surface area contributed by atoms with Gasteiger partial charge in [-0.15, -0.1) is 0 Å². The molecule has 168 valence electrons. The number of methoxy groups -OCH3 is 1. The highest BCUT2D eigenvalue weighted by molar-refractivity contribution is 5.99. The summed E-state index contributed by atoms with van der Waals surface area (Å²) in [6.07, 6.45) is 5.18. The van der Waals surface area contributed by atoms with Gasteiger partial charge in [0, 0.05) is 36.3 Å². The number of rotatable bonds is 8. The van der Waals surface area contributed by atoms with Crippen LogP contribution in [0.3, 0.4) is 0 Å². The summed E-state index contributed by atoms with van der Waals surface area (Å²) >= 11 is 0. The van der Waals surface area contributed by atoms with Gasteiger partial charge in [0.25, 0.3) is 5.91 Å². The Morgan fingerprint density at radius 1 is 1.06 bits per heavy atom. The van der Waals surface area contributed by atoms with E-state index in [1.165, 1.54) is 0 Å². The average molecular weight is 442 g/mol. The van der Waals surface area contributed by atoms with Crippen molar-refractivity contribution >= 4 is 5.91 Å². The Kier molecular flexibility index (Phi) is 6.80. The maximum Gasteiger partial charge on any atom is 0.255 e. The summed E-state index contributed by atoms with van der Waals surface area (Å²) in [5.74, 6) is 0.594. The van der Waals surface area contributed by atoms with Crippen LogP contribution in [-0.2, 0) is 0 Å². The molecule has 4 aromatic rings. The standard InChI is InChI=1S/C26H27N5O2/c1-30(2)23(21-13-7-8-14-24(21)33-3)17-28-26(32)22-18-31(20-11-5-4-6-12-20)29-25(22)19-10-9-15-27-16-19/h4-16,18,23H,17H2,1-3H3,(H,28,32). The molecule has 0 bridgehead atoms. The number of hydrogen-bond acceptors (Lipinski definition) is 5. The zero-order valence-electron chi connectivity index (χ0n) is 19.0. The predicted molar refractivity (Wildman–Crippen MR) is 129 cm³/mol. The number of amides is 1. The summed E-state index contributed by atoms with van der Waals surface area (Å²) in [7, 11) is 5.62. The number of likely N-dealkylation sites (N-methyl/N-ethyl adjacent to an activating group) is 1. The second kappa shape index (κ2) is 10.1. The van der Waals surface area contributed by atoms with Crippen LogP contribution in [0.4, 0.5) is 0 Å². The quantitative estimate of drug-likeness (QED) is 0.448. The Bertz CT molecular complexity index is 1210.